The summed E-state index contributed by atoms with van der Waals surface area (Å²) < 4.78 is 27.6. The van der Waals surface area contributed by atoms with Crippen LogP contribution in [0.3, 0.4) is 0 Å². The molecule has 1 aliphatic rings. The van der Waals surface area contributed by atoms with Gasteiger partial charge >= 0.3 is 0 Å². The number of sulfonamides is 1. The summed E-state index contributed by atoms with van der Waals surface area (Å²) in [5.41, 5.74) is 1.50. The fourth-order valence-corrected chi connectivity index (χ4v) is 4.45. The number of pyridine rings is 1. The molecule has 6 nitrogen and oxygen atoms in total. The molecule has 1 aromatic heterocycles. The van der Waals surface area contributed by atoms with Crippen LogP contribution in [0.4, 0.5) is 0 Å². The Hall–Kier alpha value is -1.96. The molecule has 1 saturated heterocycles. The van der Waals surface area contributed by atoms with Crippen molar-refractivity contribution in [1.29, 1.82) is 0 Å². The lowest BCUT2D eigenvalue weighted by Gasteiger charge is -2.33. The van der Waals surface area contributed by atoms with Gasteiger partial charge in [-0.05, 0) is 49.9 Å². The van der Waals surface area contributed by atoms with Crippen LogP contribution in [0.5, 0.6) is 0 Å². The molecular weight excluding hydrogens is 386 g/mol. The average molecular weight is 408 g/mol. The Morgan fingerprint density at radius 1 is 1.30 bits per heavy atom. The molecule has 1 N–H and O–H groups in total. The average Bonchev–Trinajstić information content (AvgIpc) is 2.66. The minimum atomic E-state index is -3.55. The first-order chi connectivity index (χ1) is 12.8. The molecule has 0 aliphatic carbocycles. The Labute approximate surface area is 164 Å². The molecular formula is C19H22ClN3O3S. The zero-order chi connectivity index (χ0) is 19.4. The van der Waals surface area contributed by atoms with Crippen molar-refractivity contribution in [2.24, 2.45) is 5.92 Å². The van der Waals surface area contributed by atoms with Crippen molar-refractivity contribution < 1.29 is 13.2 Å². The molecule has 1 amide bonds. The van der Waals surface area contributed by atoms with E-state index in [2.05, 4.69) is 9.71 Å². The van der Waals surface area contributed by atoms with Gasteiger partial charge in [-0.25, -0.2) is 18.1 Å². The predicted molar refractivity (Wildman–Crippen MR) is 104 cm³/mol. The zero-order valence-corrected chi connectivity index (χ0v) is 16.6. The summed E-state index contributed by atoms with van der Waals surface area (Å²) in [5, 5.41) is 0.278. The van der Waals surface area contributed by atoms with E-state index in [1.54, 1.807) is 41.3 Å². The summed E-state index contributed by atoms with van der Waals surface area (Å²) in [5.74, 6) is -0.0365. The fraction of sp³-hybridized carbons (Fsp3) is 0.368. The number of nitrogens with zero attached hydrogens (tertiary/aromatic N) is 2. The SMILES string of the molecule is Cc1ccc(S(=O)(=O)NCC2CCCN(C(=O)c3ccnc(Cl)c3)C2)cc1. The number of halogens is 1. The number of aryl methyl sites for hydroxylation is 1. The highest BCUT2D eigenvalue weighted by atomic mass is 35.5. The van der Waals surface area contributed by atoms with Crippen molar-refractivity contribution in [3.63, 3.8) is 0 Å². The van der Waals surface area contributed by atoms with E-state index in [1.807, 2.05) is 6.92 Å². The van der Waals surface area contributed by atoms with Gasteiger partial charge in [0.15, 0.2) is 0 Å². The maximum absolute atomic E-state index is 12.7. The van der Waals surface area contributed by atoms with Gasteiger partial charge in [-0.2, -0.15) is 0 Å². The molecule has 1 fully saturated rings. The minimum absolute atomic E-state index is 0.0697. The molecule has 1 unspecified atom stereocenters. The smallest absolute Gasteiger partial charge is 0.254 e. The molecule has 2 heterocycles. The third-order valence-electron chi connectivity index (χ3n) is 4.67. The summed E-state index contributed by atoms with van der Waals surface area (Å²) in [6.45, 7) is 3.37. The number of amides is 1. The second kappa shape index (κ2) is 8.37. The van der Waals surface area contributed by atoms with Gasteiger partial charge in [-0.1, -0.05) is 29.3 Å². The molecule has 0 radical (unpaired) electrons. The monoisotopic (exact) mass is 407 g/mol. The van der Waals surface area contributed by atoms with Crippen LogP contribution in [0.25, 0.3) is 0 Å². The first-order valence-electron chi connectivity index (χ1n) is 8.82. The van der Waals surface area contributed by atoms with Gasteiger partial charge in [0.2, 0.25) is 10.0 Å². The number of carbonyl (C=O) groups is 1. The standard InChI is InChI=1S/C19H22ClN3O3S/c1-14-4-6-17(7-5-14)27(25,26)22-12-15-3-2-10-23(13-15)19(24)16-8-9-21-18(20)11-16/h4-9,11,15,22H,2-3,10,12-13H2,1H3. The topological polar surface area (TPSA) is 79.4 Å². The van der Waals surface area contributed by atoms with Crippen molar-refractivity contribution in [1.82, 2.24) is 14.6 Å². The number of nitrogens with one attached hydrogen (secondary N) is 1. The highest BCUT2D eigenvalue weighted by Gasteiger charge is 2.26. The maximum atomic E-state index is 12.7. The van der Waals surface area contributed by atoms with Crippen LogP contribution in [0.1, 0.15) is 28.8 Å². The van der Waals surface area contributed by atoms with Gasteiger partial charge in [-0.15, -0.1) is 0 Å². The van der Waals surface area contributed by atoms with E-state index in [9.17, 15) is 13.2 Å². The fourth-order valence-electron chi connectivity index (χ4n) is 3.16. The number of carbonyl (C=O) groups excluding carboxylic acids is 1. The Morgan fingerprint density at radius 3 is 2.74 bits per heavy atom. The van der Waals surface area contributed by atoms with Crippen molar-refractivity contribution in [2.75, 3.05) is 19.6 Å². The molecule has 3 rings (SSSR count). The number of rotatable bonds is 5. The van der Waals surface area contributed by atoms with Gasteiger partial charge in [0.05, 0.1) is 4.90 Å². The van der Waals surface area contributed by atoms with E-state index in [0.717, 1.165) is 18.4 Å². The third kappa shape index (κ3) is 5.06. The van der Waals surface area contributed by atoms with Crippen LogP contribution in [0.15, 0.2) is 47.5 Å². The second-order valence-electron chi connectivity index (χ2n) is 6.79. The lowest BCUT2D eigenvalue weighted by Crippen LogP contribution is -2.43. The second-order valence-corrected chi connectivity index (χ2v) is 8.95. The van der Waals surface area contributed by atoms with E-state index in [1.165, 1.54) is 6.20 Å². The van der Waals surface area contributed by atoms with Crippen molar-refractivity contribution in [2.45, 2.75) is 24.7 Å². The molecule has 8 heteroatoms. The summed E-state index contributed by atoms with van der Waals surface area (Å²) in [6.07, 6.45) is 3.21. The lowest BCUT2D eigenvalue weighted by molar-refractivity contribution is 0.0676. The van der Waals surface area contributed by atoms with E-state index in [4.69, 9.17) is 11.6 Å². The normalized spacial score (nSPS) is 17.7. The van der Waals surface area contributed by atoms with E-state index in [-0.39, 0.29) is 21.9 Å². The van der Waals surface area contributed by atoms with Crippen LogP contribution in [0, 0.1) is 12.8 Å². The van der Waals surface area contributed by atoms with E-state index in [0.29, 0.717) is 25.2 Å². The van der Waals surface area contributed by atoms with Crippen molar-refractivity contribution >= 4 is 27.5 Å². The number of aromatic nitrogens is 1. The van der Waals surface area contributed by atoms with Crippen molar-refractivity contribution in [3.8, 4) is 0 Å². The molecule has 144 valence electrons. The number of benzene rings is 1. The Balaban J connectivity index is 1.61. The highest BCUT2D eigenvalue weighted by molar-refractivity contribution is 7.89. The molecule has 27 heavy (non-hydrogen) atoms. The number of hydrogen-bond acceptors (Lipinski definition) is 4. The van der Waals surface area contributed by atoms with Gasteiger partial charge < -0.3 is 4.90 Å². The Bertz CT molecular complexity index is 916. The summed E-state index contributed by atoms with van der Waals surface area (Å²) in [6, 6.07) is 9.93. The summed E-state index contributed by atoms with van der Waals surface area (Å²) >= 11 is 5.87. The van der Waals surface area contributed by atoms with Crippen molar-refractivity contribution in [3.05, 3.63) is 58.9 Å². The van der Waals surface area contributed by atoms with Gasteiger partial charge in [0.25, 0.3) is 5.91 Å². The maximum Gasteiger partial charge on any atom is 0.254 e. The minimum Gasteiger partial charge on any atom is -0.338 e. The number of likely N-dealkylation sites (tertiary alicyclic amines) is 1. The van der Waals surface area contributed by atoms with E-state index >= 15 is 0 Å². The van der Waals surface area contributed by atoms with Gasteiger partial charge in [0, 0.05) is 31.4 Å². The molecule has 0 spiro atoms. The molecule has 0 saturated carbocycles. The molecule has 1 aromatic carbocycles. The Kier molecular flexibility index (Phi) is 6.14. The Morgan fingerprint density at radius 2 is 2.04 bits per heavy atom. The van der Waals surface area contributed by atoms with E-state index < -0.39 is 10.0 Å². The predicted octanol–water partition coefficient (Wildman–Crippen LogP) is 2.87. The zero-order valence-electron chi connectivity index (χ0n) is 15.1. The van der Waals surface area contributed by atoms with Crippen LogP contribution >= 0.6 is 11.6 Å². The quantitative estimate of drug-likeness (QED) is 0.773. The van der Waals surface area contributed by atoms with Gasteiger partial charge in [0.1, 0.15) is 5.15 Å². The number of hydrogen-bond donors (Lipinski definition) is 1. The lowest BCUT2D eigenvalue weighted by atomic mass is 9.98. The van der Waals surface area contributed by atoms with Gasteiger partial charge in [-0.3, -0.25) is 4.79 Å². The first-order valence-corrected chi connectivity index (χ1v) is 10.7. The molecule has 1 aliphatic heterocycles. The van der Waals surface area contributed by atoms with Crippen LogP contribution < -0.4 is 4.72 Å². The molecule has 0 bridgehead atoms. The first kappa shape index (κ1) is 19.8. The van der Waals surface area contributed by atoms with Crippen LogP contribution in [-0.2, 0) is 10.0 Å². The third-order valence-corrected chi connectivity index (χ3v) is 6.32. The van der Waals surface area contributed by atoms with Crippen LogP contribution in [0.2, 0.25) is 5.15 Å². The molecule has 2 aromatic rings. The number of piperidine rings is 1. The van der Waals surface area contributed by atoms with Crippen LogP contribution in [-0.4, -0.2) is 43.8 Å². The molecule has 1 atom stereocenters. The summed E-state index contributed by atoms with van der Waals surface area (Å²) in [4.78, 5) is 18.5. The largest absolute Gasteiger partial charge is 0.338 e. The summed E-state index contributed by atoms with van der Waals surface area (Å²) in [7, 11) is -3.55. The highest BCUT2D eigenvalue weighted by Crippen LogP contribution is 2.20.